The minimum absolute atomic E-state index is 0.117. The van der Waals surface area contributed by atoms with Gasteiger partial charge in [-0.05, 0) is 32.8 Å². The van der Waals surface area contributed by atoms with E-state index in [1.165, 1.54) is 0 Å². The quantitative estimate of drug-likeness (QED) is 0.805. The highest BCUT2D eigenvalue weighted by molar-refractivity contribution is 5.68. The summed E-state index contributed by atoms with van der Waals surface area (Å²) in [6, 6.07) is 9.79. The maximum absolute atomic E-state index is 12.0. The Labute approximate surface area is 122 Å². The van der Waals surface area contributed by atoms with Crippen molar-refractivity contribution in [3.05, 3.63) is 48.6 Å². The van der Waals surface area contributed by atoms with Gasteiger partial charge in [0, 0.05) is 5.92 Å². The summed E-state index contributed by atoms with van der Waals surface area (Å²) in [6.07, 6.45) is 2.39. The van der Waals surface area contributed by atoms with E-state index >= 15 is 0 Å². The van der Waals surface area contributed by atoms with E-state index in [1.54, 1.807) is 0 Å². The fourth-order valence-corrected chi connectivity index (χ4v) is 2.07. The van der Waals surface area contributed by atoms with Gasteiger partial charge in [-0.1, -0.05) is 43.3 Å². The Kier molecular flexibility index (Phi) is 5.81. The van der Waals surface area contributed by atoms with Crippen LogP contribution >= 0.6 is 0 Å². The number of rotatable bonds is 5. The molecule has 0 bridgehead atoms. The van der Waals surface area contributed by atoms with Crippen molar-refractivity contribution in [2.75, 3.05) is 0 Å². The number of hydrogen-bond acceptors (Lipinski definition) is 2. The van der Waals surface area contributed by atoms with Crippen molar-refractivity contribution < 1.29 is 9.53 Å². The number of alkyl carbamates (subject to hydrolysis) is 1. The van der Waals surface area contributed by atoms with E-state index in [2.05, 4.69) is 18.8 Å². The monoisotopic (exact) mass is 275 g/mol. The van der Waals surface area contributed by atoms with Gasteiger partial charge < -0.3 is 10.1 Å². The predicted molar refractivity (Wildman–Crippen MR) is 82.5 cm³/mol. The van der Waals surface area contributed by atoms with Gasteiger partial charge in [-0.25, -0.2) is 4.79 Å². The molecule has 0 fully saturated rings. The molecule has 110 valence electrons. The molecule has 1 aromatic rings. The molecule has 1 N–H and O–H groups in total. The summed E-state index contributed by atoms with van der Waals surface area (Å²) in [5.41, 5.74) is 0.561. The number of amides is 1. The Balaban J connectivity index is 2.89. The average Bonchev–Trinajstić information content (AvgIpc) is 2.38. The second-order valence-electron chi connectivity index (χ2n) is 5.84. The Bertz CT molecular complexity index is 434. The maximum Gasteiger partial charge on any atom is 0.408 e. The van der Waals surface area contributed by atoms with Crippen molar-refractivity contribution >= 4 is 6.09 Å². The minimum atomic E-state index is -0.499. The lowest BCUT2D eigenvalue weighted by Gasteiger charge is -2.27. The first-order valence-electron chi connectivity index (χ1n) is 7.04. The van der Waals surface area contributed by atoms with Crippen molar-refractivity contribution in [1.29, 1.82) is 0 Å². The summed E-state index contributed by atoms with van der Waals surface area (Å²) in [5, 5.41) is 2.96. The van der Waals surface area contributed by atoms with Crippen LogP contribution in [0.5, 0.6) is 0 Å². The molecule has 1 rings (SSSR count). The molecule has 0 radical (unpaired) electrons. The Morgan fingerprint density at radius 2 is 1.95 bits per heavy atom. The number of hydrogen-bond donors (Lipinski definition) is 1. The standard InChI is InChI=1S/C17H25NO2/c1-6-13(7-2)15(14-11-9-8-10-12-14)18-16(19)20-17(3,4)5/h6,8-13,15H,1,7H2,2-5H3,(H,18,19)/t13-,15+/m0/s1. The van der Waals surface area contributed by atoms with Gasteiger partial charge in [0.2, 0.25) is 0 Å². The molecule has 0 aliphatic carbocycles. The first kappa shape index (κ1) is 16.3. The molecule has 2 atom stereocenters. The van der Waals surface area contributed by atoms with Gasteiger partial charge >= 0.3 is 6.09 Å². The lowest BCUT2D eigenvalue weighted by molar-refractivity contribution is 0.0491. The summed E-state index contributed by atoms with van der Waals surface area (Å²) in [5.74, 6) is 0.171. The highest BCUT2D eigenvalue weighted by atomic mass is 16.6. The molecule has 3 heteroatoms. The van der Waals surface area contributed by atoms with Crippen LogP contribution in [-0.4, -0.2) is 11.7 Å². The molecule has 0 saturated carbocycles. The number of benzene rings is 1. The van der Waals surface area contributed by atoms with E-state index in [1.807, 2.05) is 57.2 Å². The van der Waals surface area contributed by atoms with Gasteiger partial charge in [-0.3, -0.25) is 0 Å². The summed E-state index contributed by atoms with van der Waals surface area (Å²) < 4.78 is 5.34. The maximum atomic E-state index is 12.0. The van der Waals surface area contributed by atoms with E-state index in [9.17, 15) is 4.79 Å². The van der Waals surface area contributed by atoms with E-state index in [-0.39, 0.29) is 12.0 Å². The van der Waals surface area contributed by atoms with E-state index in [0.717, 1.165) is 12.0 Å². The van der Waals surface area contributed by atoms with Crippen LogP contribution in [0.3, 0.4) is 0 Å². The lowest BCUT2D eigenvalue weighted by atomic mass is 9.91. The Morgan fingerprint density at radius 3 is 2.40 bits per heavy atom. The van der Waals surface area contributed by atoms with Crippen LogP contribution in [0.15, 0.2) is 43.0 Å². The van der Waals surface area contributed by atoms with Crippen molar-refractivity contribution in [2.24, 2.45) is 5.92 Å². The molecule has 0 aliphatic heterocycles. The molecule has 0 aromatic heterocycles. The normalized spacial score (nSPS) is 14.2. The van der Waals surface area contributed by atoms with Gasteiger partial charge in [0.1, 0.15) is 5.60 Å². The molecule has 3 nitrogen and oxygen atoms in total. The van der Waals surface area contributed by atoms with Gasteiger partial charge in [0.05, 0.1) is 6.04 Å². The largest absolute Gasteiger partial charge is 0.444 e. The molecule has 20 heavy (non-hydrogen) atoms. The average molecular weight is 275 g/mol. The second-order valence-corrected chi connectivity index (χ2v) is 5.84. The summed E-state index contributed by atoms with van der Waals surface area (Å²) in [4.78, 5) is 12.0. The van der Waals surface area contributed by atoms with Crippen molar-refractivity contribution in [3.63, 3.8) is 0 Å². The van der Waals surface area contributed by atoms with Gasteiger partial charge in [-0.15, -0.1) is 6.58 Å². The smallest absolute Gasteiger partial charge is 0.408 e. The third-order valence-electron chi connectivity index (χ3n) is 3.03. The zero-order chi connectivity index (χ0) is 15.2. The zero-order valence-electron chi connectivity index (χ0n) is 12.8. The van der Waals surface area contributed by atoms with Crippen LogP contribution in [0.1, 0.15) is 45.7 Å². The van der Waals surface area contributed by atoms with Crippen LogP contribution in [0.2, 0.25) is 0 Å². The van der Waals surface area contributed by atoms with Gasteiger partial charge in [0.25, 0.3) is 0 Å². The molecule has 0 aliphatic rings. The molecule has 0 saturated heterocycles. The molecule has 1 amide bonds. The molecule has 1 aromatic carbocycles. The van der Waals surface area contributed by atoms with Crippen LogP contribution in [0, 0.1) is 5.92 Å². The first-order valence-corrected chi connectivity index (χ1v) is 7.04. The Morgan fingerprint density at radius 1 is 1.35 bits per heavy atom. The van der Waals surface area contributed by atoms with Crippen molar-refractivity contribution in [2.45, 2.75) is 45.8 Å². The molecular weight excluding hydrogens is 250 g/mol. The summed E-state index contributed by atoms with van der Waals surface area (Å²) in [6.45, 7) is 11.5. The van der Waals surface area contributed by atoms with Crippen LogP contribution in [0.25, 0.3) is 0 Å². The number of ether oxygens (including phenoxy) is 1. The van der Waals surface area contributed by atoms with Crippen LogP contribution in [0.4, 0.5) is 4.79 Å². The van der Waals surface area contributed by atoms with Crippen LogP contribution in [-0.2, 0) is 4.74 Å². The summed E-state index contributed by atoms with van der Waals surface area (Å²) >= 11 is 0. The number of carbonyl (C=O) groups excluding carboxylic acids is 1. The number of nitrogens with one attached hydrogen (secondary N) is 1. The molecule has 0 heterocycles. The fourth-order valence-electron chi connectivity index (χ4n) is 2.07. The second kappa shape index (κ2) is 7.13. The molecule has 0 unspecified atom stereocenters. The topological polar surface area (TPSA) is 38.3 Å². The SMILES string of the molecule is C=C[C@@H](CC)[C@@H](NC(=O)OC(C)(C)C)c1ccccc1. The highest BCUT2D eigenvalue weighted by Crippen LogP contribution is 2.26. The Hall–Kier alpha value is -1.77. The highest BCUT2D eigenvalue weighted by Gasteiger charge is 2.24. The third-order valence-corrected chi connectivity index (χ3v) is 3.03. The molecular formula is C17H25NO2. The van der Waals surface area contributed by atoms with E-state index in [0.29, 0.717) is 0 Å². The fraction of sp³-hybridized carbons (Fsp3) is 0.471. The van der Waals surface area contributed by atoms with Gasteiger partial charge in [0.15, 0.2) is 0 Å². The molecule has 0 spiro atoms. The summed E-state index contributed by atoms with van der Waals surface area (Å²) in [7, 11) is 0. The minimum Gasteiger partial charge on any atom is -0.444 e. The zero-order valence-corrected chi connectivity index (χ0v) is 12.8. The van der Waals surface area contributed by atoms with E-state index in [4.69, 9.17) is 4.74 Å². The third kappa shape index (κ3) is 5.08. The van der Waals surface area contributed by atoms with Crippen LogP contribution < -0.4 is 5.32 Å². The predicted octanol–water partition coefficient (Wildman–Crippen LogP) is 4.46. The van der Waals surface area contributed by atoms with Crippen molar-refractivity contribution in [3.8, 4) is 0 Å². The number of carbonyl (C=O) groups is 1. The van der Waals surface area contributed by atoms with Crippen molar-refractivity contribution in [1.82, 2.24) is 5.32 Å². The lowest BCUT2D eigenvalue weighted by Crippen LogP contribution is -2.37. The first-order chi connectivity index (χ1) is 9.37. The van der Waals surface area contributed by atoms with E-state index < -0.39 is 11.7 Å². The van der Waals surface area contributed by atoms with Gasteiger partial charge in [-0.2, -0.15) is 0 Å².